The third-order valence-electron chi connectivity index (χ3n) is 4.84. The van der Waals surface area contributed by atoms with Crippen LogP contribution in [0.4, 0.5) is 4.79 Å². The highest BCUT2D eigenvalue weighted by atomic mass is 16.4. The van der Waals surface area contributed by atoms with Crippen LogP contribution in [0, 0.1) is 5.92 Å². The Bertz CT molecular complexity index is 363. The highest BCUT2D eigenvalue weighted by Crippen LogP contribution is 2.27. The summed E-state index contributed by atoms with van der Waals surface area (Å²) in [5, 5.41) is 15.4. The Morgan fingerprint density at radius 3 is 2.33 bits per heavy atom. The summed E-state index contributed by atoms with van der Waals surface area (Å²) in [6.45, 7) is 1.82. The molecular formula is C15H27N3O3. The number of hydrogen-bond acceptors (Lipinski definition) is 3. The van der Waals surface area contributed by atoms with Crippen molar-refractivity contribution in [3.63, 3.8) is 0 Å². The maximum Gasteiger partial charge on any atom is 0.326 e. The number of piperidine rings is 1. The second-order valence-electron chi connectivity index (χ2n) is 6.26. The largest absolute Gasteiger partial charge is 0.480 e. The van der Waals surface area contributed by atoms with Crippen molar-refractivity contribution in [2.75, 3.05) is 20.1 Å². The van der Waals surface area contributed by atoms with Gasteiger partial charge >= 0.3 is 12.0 Å². The van der Waals surface area contributed by atoms with E-state index in [1.165, 1.54) is 6.42 Å². The number of aliphatic carboxylic acids is 1. The van der Waals surface area contributed by atoms with E-state index < -0.39 is 12.0 Å². The zero-order chi connectivity index (χ0) is 15.2. The molecule has 1 aliphatic heterocycles. The maximum atomic E-state index is 12.3. The third kappa shape index (κ3) is 4.33. The summed E-state index contributed by atoms with van der Waals surface area (Å²) in [5.41, 5.74) is 0. The maximum absolute atomic E-state index is 12.3. The van der Waals surface area contributed by atoms with Gasteiger partial charge in [0.25, 0.3) is 0 Å². The Hall–Kier alpha value is -1.30. The van der Waals surface area contributed by atoms with E-state index in [9.17, 15) is 14.7 Å². The van der Waals surface area contributed by atoms with E-state index in [0.717, 1.165) is 51.6 Å². The smallest absolute Gasteiger partial charge is 0.326 e. The second-order valence-corrected chi connectivity index (χ2v) is 6.26. The molecule has 1 saturated heterocycles. The SMILES string of the molecule is CN(C(=O)NC(C(=O)O)C1CCCCC1)C1CCNCC1. The molecule has 2 aliphatic rings. The average Bonchev–Trinajstić information content (AvgIpc) is 2.53. The van der Waals surface area contributed by atoms with Crippen LogP contribution < -0.4 is 10.6 Å². The molecule has 2 fully saturated rings. The number of hydrogen-bond donors (Lipinski definition) is 3. The summed E-state index contributed by atoms with van der Waals surface area (Å²) in [4.78, 5) is 25.5. The van der Waals surface area contributed by atoms with Crippen molar-refractivity contribution in [1.82, 2.24) is 15.5 Å². The van der Waals surface area contributed by atoms with Gasteiger partial charge in [0.15, 0.2) is 0 Å². The van der Waals surface area contributed by atoms with Crippen molar-refractivity contribution >= 4 is 12.0 Å². The van der Waals surface area contributed by atoms with Crippen LogP contribution >= 0.6 is 0 Å². The Kier molecular flexibility index (Phi) is 5.85. The molecule has 0 bridgehead atoms. The monoisotopic (exact) mass is 297 g/mol. The fourth-order valence-electron chi connectivity index (χ4n) is 3.44. The molecular weight excluding hydrogens is 270 g/mol. The number of carboxylic acids is 1. The lowest BCUT2D eigenvalue weighted by atomic mass is 9.84. The molecule has 21 heavy (non-hydrogen) atoms. The number of urea groups is 1. The van der Waals surface area contributed by atoms with E-state index in [2.05, 4.69) is 10.6 Å². The molecule has 1 unspecified atom stereocenters. The van der Waals surface area contributed by atoms with E-state index in [-0.39, 0.29) is 18.0 Å². The minimum atomic E-state index is -0.908. The van der Waals surface area contributed by atoms with Crippen LogP contribution in [-0.2, 0) is 4.79 Å². The molecule has 1 aliphatic carbocycles. The molecule has 0 aromatic rings. The molecule has 0 spiro atoms. The lowest BCUT2D eigenvalue weighted by Crippen LogP contribution is -2.54. The quantitative estimate of drug-likeness (QED) is 0.733. The third-order valence-corrected chi connectivity index (χ3v) is 4.84. The van der Waals surface area contributed by atoms with Crippen molar-refractivity contribution in [1.29, 1.82) is 0 Å². The van der Waals surface area contributed by atoms with Crippen LogP contribution in [0.3, 0.4) is 0 Å². The summed E-state index contributed by atoms with van der Waals surface area (Å²) >= 11 is 0. The summed E-state index contributed by atoms with van der Waals surface area (Å²) in [6, 6.07) is -0.797. The first-order chi connectivity index (χ1) is 10.1. The van der Waals surface area contributed by atoms with E-state index in [4.69, 9.17) is 0 Å². The Morgan fingerprint density at radius 1 is 1.14 bits per heavy atom. The average molecular weight is 297 g/mol. The van der Waals surface area contributed by atoms with E-state index in [0.29, 0.717) is 0 Å². The number of rotatable bonds is 4. The molecule has 6 nitrogen and oxygen atoms in total. The first-order valence-electron chi connectivity index (χ1n) is 8.06. The number of nitrogens with zero attached hydrogens (tertiary/aromatic N) is 1. The van der Waals surface area contributed by atoms with Gasteiger partial charge in [-0.1, -0.05) is 19.3 Å². The molecule has 2 amide bonds. The summed E-state index contributed by atoms with van der Waals surface area (Å²) < 4.78 is 0. The van der Waals surface area contributed by atoms with Gasteiger partial charge in [0, 0.05) is 13.1 Å². The van der Waals surface area contributed by atoms with Crippen LogP contribution in [0.2, 0.25) is 0 Å². The highest BCUT2D eigenvalue weighted by molar-refractivity contribution is 5.82. The van der Waals surface area contributed by atoms with Gasteiger partial charge in [0.2, 0.25) is 0 Å². The Balaban J connectivity index is 1.92. The van der Waals surface area contributed by atoms with E-state index in [1.54, 1.807) is 11.9 Å². The fourth-order valence-corrected chi connectivity index (χ4v) is 3.44. The van der Waals surface area contributed by atoms with Gasteiger partial charge in [0.05, 0.1) is 0 Å². The number of carbonyl (C=O) groups excluding carboxylic acids is 1. The number of carboxylic acid groups (broad SMARTS) is 1. The van der Waals surface area contributed by atoms with Crippen molar-refractivity contribution in [3.8, 4) is 0 Å². The minimum absolute atomic E-state index is 0.0709. The molecule has 6 heteroatoms. The van der Waals surface area contributed by atoms with Crippen LogP contribution in [0.1, 0.15) is 44.9 Å². The van der Waals surface area contributed by atoms with Crippen molar-refractivity contribution in [2.45, 2.75) is 57.0 Å². The van der Waals surface area contributed by atoms with Crippen LogP contribution in [0.15, 0.2) is 0 Å². The molecule has 0 radical (unpaired) electrons. The van der Waals surface area contributed by atoms with E-state index >= 15 is 0 Å². The van der Waals surface area contributed by atoms with Crippen LogP contribution in [-0.4, -0.2) is 54.2 Å². The van der Waals surface area contributed by atoms with Crippen molar-refractivity contribution < 1.29 is 14.7 Å². The van der Waals surface area contributed by atoms with Gasteiger partial charge in [-0.15, -0.1) is 0 Å². The number of carbonyl (C=O) groups is 2. The number of nitrogens with one attached hydrogen (secondary N) is 2. The molecule has 2 rings (SSSR count). The van der Waals surface area contributed by atoms with Gasteiger partial charge in [-0.25, -0.2) is 9.59 Å². The molecule has 0 aromatic carbocycles. The minimum Gasteiger partial charge on any atom is -0.480 e. The predicted molar refractivity (Wildman–Crippen MR) is 80.2 cm³/mol. The highest BCUT2D eigenvalue weighted by Gasteiger charge is 2.32. The summed E-state index contributed by atoms with van der Waals surface area (Å²) in [6.07, 6.45) is 6.94. The zero-order valence-electron chi connectivity index (χ0n) is 12.8. The van der Waals surface area contributed by atoms with Gasteiger partial charge in [-0.05, 0) is 44.7 Å². The topological polar surface area (TPSA) is 81.7 Å². The van der Waals surface area contributed by atoms with Crippen molar-refractivity contribution in [3.05, 3.63) is 0 Å². The van der Waals surface area contributed by atoms with Crippen LogP contribution in [0.5, 0.6) is 0 Å². The first kappa shape index (κ1) is 16.1. The normalized spacial score (nSPS) is 22.5. The van der Waals surface area contributed by atoms with Gasteiger partial charge in [-0.2, -0.15) is 0 Å². The number of amides is 2. The molecule has 120 valence electrons. The van der Waals surface area contributed by atoms with Crippen molar-refractivity contribution in [2.24, 2.45) is 5.92 Å². The van der Waals surface area contributed by atoms with Gasteiger partial charge in [0.1, 0.15) is 6.04 Å². The molecule has 3 N–H and O–H groups in total. The molecule has 1 atom stereocenters. The molecule has 1 heterocycles. The zero-order valence-corrected chi connectivity index (χ0v) is 12.8. The Morgan fingerprint density at radius 2 is 1.76 bits per heavy atom. The molecule has 1 saturated carbocycles. The standard InChI is InChI=1S/C15H27N3O3/c1-18(12-7-9-16-10-8-12)15(21)17-13(14(19)20)11-5-3-2-4-6-11/h11-13,16H,2-10H2,1H3,(H,17,21)(H,19,20). The summed E-state index contributed by atoms with van der Waals surface area (Å²) in [5.74, 6) is -0.837. The molecule has 0 aromatic heterocycles. The lowest BCUT2D eigenvalue weighted by Gasteiger charge is -2.34. The van der Waals surface area contributed by atoms with Gasteiger partial charge in [-0.3, -0.25) is 0 Å². The summed E-state index contributed by atoms with van der Waals surface area (Å²) in [7, 11) is 1.77. The second kappa shape index (κ2) is 7.64. The lowest BCUT2D eigenvalue weighted by molar-refractivity contribution is -0.141. The van der Waals surface area contributed by atoms with Gasteiger partial charge < -0.3 is 20.6 Å². The first-order valence-corrected chi connectivity index (χ1v) is 8.06. The Labute approximate surface area is 126 Å². The van der Waals surface area contributed by atoms with E-state index in [1.807, 2.05) is 0 Å². The van der Waals surface area contributed by atoms with Crippen LogP contribution in [0.25, 0.3) is 0 Å². The predicted octanol–water partition coefficient (Wildman–Crippen LogP) is 1.41. The fraction of sp³-hybridized carbons (Fsp3) is 0.867.